The SMILES string of the molecule is CCOc1cc(CNn2c(C)n[nH]c2=S)cc(Cl)c1OCc1ccc(F)cc1Cl. The summed E-state index contributed by atoms with van der Waals surface area (Å²) in [5.74, 6) is 1.20. The number of nitrogens with one attached hydrogen (secondary N) is 2. The summed E-state index contributed by atoms with van der Waals surface area (Å²) in [5, 5.41) is 7.44. The van der Waals surface area contributed by atoms with Gasteiger partial charge in [0.1, 0.15) is 18.2 Å². The molecule has 0 saturated heterocycles. The zero-order chi connectivity index (χ0) is 21.0. The average molecular weight is 457 g/mol. The molecule has 0 unspecified atom stereocenters. The van der Waals surface area contributed by atoms with E-state index in [1.165, 1.54) is 12.1 Å². The molecule has 1 heterocycles. The molecule has 0 atom stereocenters. The third kappa shape index (κ3) is 5.20. The highest BCUT2D eigenvalue weighted by Gasteiger charge is 2.14. The quantitative estimate of drug-likeness (QED) is 0.443. The lowest BCUT2D eigenvalue weighted by molar-refractivity contribution is 0.269. The van der Waals surface area contributed by atoms with Gasteiger partial charge in [0.2, 0.25) is 4.77 Å². The Hall–Kier alpha value is -2.29. The molecule has 0 aliphatic heterocycles. The van der Waals surface area contributed by atoms with Crippen molar-refractivity contribution in [3.8, 4) is 11.5 Å². The van der Waals surface area contributed by atoms with Crippen LogP contribution in [0.4, 0.5) is 4.39 Å². The van der Waals surface area contributed by atoms with Gasteiger partial charge in [0.25, 0.3) is 0 Å². The Morgan fingerprint density at radius 1 is 1.21 bits per heavy atom. The number of ether oxygens (including phenoxy) is 2. The summed E-state index contributed by atoms with van der Waals surface area (Å²) in [7, 11) is 0. The number of hydrogen-bond donors (Lipinski definition) is 2. The molecule has 0 aliphatic carbocycles. The van der Waals surface area contributed by atoms with Crippen LogP contribution in [0.2, 0.25) is 10.0 Å². The molecular weight excluding hydrogens is 438 g/mol. The van der Waals surface area contributed by atoms with Gasteiger partial charge in [0, 0.05) is 5.56 Å². The minimum absolute atomic E-state index is 0.125. The van der Waals surface area contributed by atoms with E-state index in [-0.39, 0.29) is 11.6 Å². The molecule has 0 amide bonds. The Labute approximate surface area is 182 Å². The van der Waals surface area contributed by atoms with Gasteiger partial charge in [-0.25, -0.2) is 9.07 Å². The van der Waals surface area contributed by atoms with Crippen LogP contribution in [0, 0.1) is 17.5 Å². The number of aromatic amines is 1. The van der Waals surface area contributed by atoms with Crippen LogP contribution in [0.15, 0.2) is 30.3 Å². The number of rotatable bonds is 8. The molecule has 29 heavy (non-hydrogen) atoms. The van der Waals surface area contributed by atoms with Crippen LogP contribution in [-0.4, -0.2) is 21.5 Å². The number of hydrogen-bond acceptors (Lipinski definition) is 5. The first-order valence-electron chi connectivity index (χ1n) is 8.79. The maximum absolute atomic E-state index is 13.2. The Balaban J connectivity index is 1.79. The first-order valence-corrected chi connectivity index (χ1v) is 9.95. The van der Waals surface area contributed by atoms with E-state index in [4.69, 9.17) is 44.9 Å². The number of aryl methyl sites for hydroxylation is 1. The zero-order valence-electron chi connectivity index (χ0n) is 15.8. The summed E-state index contributed by atoms with van der Waals surface area (Å²) in [4.78, 5) is 0. The van der Waals surface area contributed by atoms with Crippen molar-refractivity contribution in [3.63, 3.8) is 0 Å². The highest BCUT2D eigenvalue weighted by molar-refractivity contribution is 7.71. The fourth-order valence-electron chi connectivity index (χ4n) is 2.65. The Morgan fingerprint density at radius 3 is 2.66 bits per heavy atom. The second-order valence-corrected chi connectivity index (χ2v) is 7.31. The van der Waals surface area contributed by atoms with Gasteiger partial charge in [-0.3, -0.25) is 5.10 Å². The van der Waals surface area contributed by atoms with Crippen molar-refractivity contribution in [2.24, 2.45) is 0 Å². The maximum atomic E-state index is 13.2. The molecule has 1 aromatic heterocycles. The molecule has 0 saturated carbocycles. The third-order valence-corrected chi connectivity index (χ3v) is 4.94. The average Bonchev–Trinajstić information content (AvgIpc) is 2.99. The van der Waals surface area contributed by atoms with Crippen molar-refractivity contribution in [2.45, 2.75) is 27.0 Å². The molecule has 154 valence electrons. The Morgan fingerprint density at radius 2 is 2.00 bits per heavy atom. The third-order valence-electron chi connectivity index (χ3n) is 4.04. The summed E-state index contributed by atoms with van der Waals surface area (Å²) < 4.78 is 26.9. The monoisotopic (exact) mass is 456 g/mol. The van der Waals surface area contributed by atoms with Crippen molar-refractivity contribution < 1.29 is 13.9 Å². The van der Waals surface area contributed by atoms with Crippen LogP contribution >= 0.6 is 35.4 Å². The van der Waals surface area contributed by atoms with Gasteiger partial charge in [-0.05, 0) is 55.9 Å². The van der Waals surface area contributed by atoms with Crippen LogP contribution in [0.25, 0.3) is 0 Å². The van der Waals surface area contributed by atoms with Gasteiger partial charge in [0.05, 0.1) is 23.2 Å². The van der Waals surface area contributed by atoms with Gasteiger partial charge in [-0.15, -0.1) is 0 Å². The topological polar surface area (TPSA) is 64.1 Å². The summed E-state index contributed by atoms with van der Waals surface area (Å²) in [6, 6.07) is 7.75. The van der Waals surface area contributed by atoms with E-state index >= 15 is 0 Å². The lowest BCUT2D eigenvalue weighted by atomic mass is 10.2. The van der Waals surface area contributed by atoms with E-state index in [1.807, 2.05) is 19.9 Å². The fourth-order valence-corrected chi connectivity index (χ4v) is 3.40. The van der Waals surface area contributed by atoms with Gasteiger partial charge in [-0.2, -0.15) is 5.10 Å². The van der Waals surface area contributed by atoms with E-state index in [9.17, 15) is 4.39 Å². The highest BCUT2D eigenvalue weighted by atomic mass is 35.5. The molecule has 0 fully saturated rings. The number of halogens is 3. The van der Waals surface area contributed by atoms with Crippen molar-refractivity contribution in [2.75, 3.05) is 12.0 Å². The summed E-state index contributed by atoms with van der Waals surface area (Å²) in [5.41, 5.74) is 4.68. The minimum Gasteiger partial charge on any atom is -0.490 e. The molecular formula is C19H19Cl2FN4O2S. The second-order valence-electron chi connectivity index (χ2n) is 6.11. The van der Waals surface area contributed by atoms with Gasteiger partial charge >= 0.3 is 0 Å². The molecule has 0 radical (unpaired) electrons. The number of nitrogens with zero attached hydrogens (tertiary/aromatic N) is 2. The van der Waals surface area contributed by atoms with Crippen LogP contribution in [0.1, 0.15) is 23.9 Å². The maximum Gasteiger partial charge on any atom is 0.214 e. The van der Waals surface area contributed by atoms with Crippen LogP contribution < -0.4 is 14.9 Å². The number of aromatic nitrogens is 3. The lowest BCUT2D eigenvalue weighted by Gasteiger charge is -2.16. The van der Waals surface area contributed by atoms with E-state index in [0.717, 1.165) is 5.56 Å². The van der Waals surface area contributed by atoms with Crippen molar-refractivity contribution in [1.29, 1.82) is 0 Å². The zero-order valence-corrected chi connectivity index (χ0v) is 18.1. The molecule has 0 aliphatic rings. The molecule has 3 aromatic rings. The molecule has 2 aromatic carbocycles. The molecule has 2 N–H and O–H groups in total. The summed E-state index contributed by atoms with van der Waals surface area (Å²) >= 11 is 17.7. The van der Waals surface area contributed by atoms with E-state index in [0.29, 0.717) is 45.8 Å². The normalized spacial score (nSPS) is 10.8. The summed E-state index contributed by atoms with van der Waals surface area (Å²) in [6.07, 6.45) is 0. The van der Waals surface area contributed by atoms with E-state index < -0.39 is 5.82 Å². The van der Waals surface area contributed by atoms with Gasteiger partial charge < -0.3 is 14.9 Å². The number of benzene rings is 2. The molecule has 6 nitrogen and oxygen atoms in total. The lowest BCUT2D eigenvalue weighted by Crippen LogP contribution is -2.16. The molecule has 0 bridgehead atoms. The largest absolute Gasteiger partial charge is 0.490 e. The smallest absolute Gasteiger partial charge is 0.214 e. The van der Waals surface area contributed by atoms with Crippen molar-refractivity contribution >= 4 is 35.4 Å². The van der Waals surface area contributed by atoms with Gasteiger partial charge in [0.15, 0.2) is 11.5 Å². The van der Waals surface area contributed by atoms with Crippen molar-refractivity contribution in [1.82, 2.24) is 14.9 Å². The van der Waals surface area contributed by atoms with Crippen molar-refractivity contribution in [3.05, 3.63) is 67.9 Å². The Kier molecular flexibility index (Phi) is 7.00. The first kappa shape index (κ1) is 21.4. The molecule has 0 spiro atoms. The van der Waals surface area contributed by atoms with Crippen LogP contribution in [-0.2, 0) is 13.2 Å². The second kappa shape index (κ2) is 9.47. The van der Waals surface area contributed by atoms with Crippen LogP contribution in [0.5, 0.6) is 11.5 Å². The van der Waals surface area contributed by atoms with Gasteiger partial charge in [-0.1, -0.05) is 29.3 Å². The minimum atomic E-state index is -0.406. The van der Waals surface area contributed by atoms with E-state index in [1.54, 1.807) is 16.8 Å². The first-order chi connectivity index (χ1) is 13.9. The predicted octanol–water partition coefficient (Wildman–Crippen LogP) is 5.42. The number of H-pyrrole nitrogens is 1. The van der Waals surface area contributed by atoms with Crippen LogP contribution in [0.3, 0.4) is 0 Å². The summed E-state index contributed by atoms with van der Waals surface area (Å²) in [6.45, 7) is 4.70. The molecule has 3 rings (SSSR count). The fraction of sp³-hybridized carbons (Fsp3) is 0.263. The van der Waals surface area contributed by atoms with E-state index in [2.05, 4.69) is 15.6 Å². The highest BCUT2D eigenvalue weighted by Crippen LogP contribution is 2.37. The standard InChI is InChI=1S/C19H19Cl2FN4O2S/c1-3-27-17-7-12(9-23-26-11(2)24-25-19(26)29)6-16(21)18(17)28-10-13-4-5-14(22)8-15(13)20/h4-8,23H,3,9-10H2,1-2H3,(H,25,29). The predicted molar refractivity (Wildman–Crippen MR) is 114 cm³/mol. The Bertz CT molecular complexity index is 1070. The molecule has 10 heteroatoms.